The Morgan fingerprint density at radius 2 is 1.76 bits per heavy atom. The number of carbonyl (C=O) groups is 1. The van der Waals surface area contributed by atoms with Gasteiger partial charge in [-0.3, -0.25) is 4.79 Å². The van der Waals surface area contributed by atoms with Crippen LogP contribution in [0.4, 0.5) is 0 Å². The predicted molar refractivity (Wildman–Crippen MR) is 69.7 cm³/mol. The number of nitrogens with zero attached hydrogens (tertiary/aromatic N) is 1. The Morgan fingerprint density at radius 3 is 2.24 bits per heavy atom. The third-order valence-corrected chi connectivity index (χ3v) is 2.96. The third-order valence-electron chi connectivity index (χ3n) is 2.96. The van der Waals surface area contributed by atoms with E-state index in [9.17, 15) is 4.79 Å². The average Bonchev–Trinajstić information content (AvgIpc) is 2.39. The zero-order valence-electron chi connectivity index (χ0n) is 10.9. The minimum absolute atomic E-state index is 0.194. The molecule has 94 valence electrons. The van der Waals surface area contributed by atoms with Gasteiger partial charge in [0.15, 0.2) is 5.78 Å². The van der Waals surface area contributed by atoms with Crippen LogP contribution < -0.4 is 4.74 Å². The molecule has 0 unspecified atom stereocenters. The van der Waals surface area contributed by atoms with E-state index >= 15 is 0 Å². The molecule has 0 aliphatic rings. The Labute approximate surface area is 103 Å². The Balaban J connectivity index is 2.51. The van der Waals surface area contributed by atoms with Crippen molar-refractivity contribution in [3.05, 3.63) is 29.8 Å². The lowest BCUT2D eigenvalue weighted by Crippen LogP contribution is -2.25. The molecule has 1 rings (SSSR count). The number of carbonyl (C=O) groups excluding carboxylic acids is 1. The number of Topliss-reactive ketones (excluding diaryl/α,β-unsaturated/α-hetero) is 1. The maximum absolute atomic E-state index is 11.9. The molecule has 0 N–H and O–H groups in total. The molecule has 17 heavy (non-hydrogen) atoms. The van der Waals surface area contributed by atoms with Crippen LogP contribution in [0.3, 0.4) is 0 Å². The van der Waals surface area contributed by atoms with E-state index in [1.165, 1.54) is 0 Å². The van der Waals surface area contributed by atoms with E-state index in [0.717, 1.165) is 30.9 Å². The lowest BCUT2D eigenvalue weighted by molar-refractivity contribution is 0.0966. The Bertz CT molecular complexity index is 342. The zero-order chi connectivity index (χ0) is 12.7. The van der Waals surface area contributed by atoms with Gasteiger partial charge < -0.3 is 9.64 Å². The van der Waals surface area contributed by atoms with E-state index in [1.54, 1.807) is 7.11 Å². The molecule has 0 saturated carbocycles. The summed E-state index contributed by atoms with van der Waals surface area (Å²) < 4.78 is 5.06. The van der Waals surface area contributed by atoms with Gasteiger partial charge in [0.05, 0.1) is 7.11 Å². The van der Waals surface area contributed by atoms with Gasteiger partial charge in [-0.2, -0.15) is 0 Å². The highest BCUT2D eigenvalue weighted by Gasteiger charge is 2.07. The van der Waals surface area contributed by atoms with E-state index in [1.807, 2.05) is 24.3 Å². The molecular weight excluding hydrogens is 214 g/mol. The summed E-state index contributed by atoms with van der Waals surface area (Å²) in [5.41, 5.74) is 0.762. The first kappa shape index (κ1) is 13.7. The molecule has 3 nitrogen and oxygen atoms in total. The van der Waals surface area contributed by atoms with Crippen LogP contribution in [0, 0.1) is 0 Å². The van der Waals surface area contributed by atoms with Crippen molar-refractivity contribution in [3.8, 4) is 5.75 Å². The van der Waals surface area contributed by atoms with Crippen molar-refractivity contribution < 1.29 is 9.53 Å². The van der Waals surface area contributed by atoms with E-state index in [-0.39, 0.29) is 5.78 Å². The van der Waals surface area contributed by atoms with Crippen LogP contribution in [0.15, 0.2) is 24.3 Å². The minimum atomic E-state index is 0.194. The van der Waals surface area contributed by atoms with Crippen molar-refractivity contribution in [2.75, 3.05) is 26.7 Å². The second kappa shape index (κ2) is 7.07. The predicted octanol–water partition coefficient (Wildman–Crippen LogP) is 2.61. The summed E-state index contributed by atoms with van der Waals surface area (Å²) in [5.74, 6) is 0.977. The number of hydrogen-bond acceptors (Lipinski definition) is 3. The molecule has 0 heterocycles. The van der Waals surface area contributed by atoms with Gasteiger partial charge in [0.25, 0.3) is 0 Å². The number of hydrogen-bond donors (Lipinski definition) is 0. The maximum Gasteiger partial charge on any atom is 0.164 e. The SMILES string of the molecule is CCN(CC)CCC(=O)c1ccc(OC)cc1. The summed E-state index contributed by atoms with van der Waals surface area (Å²) in [4.78, 5) is 14.2. The molecule has 0 bridgehead atoms. The fourth-order valence-corrected chi connectivity index (χ4v) is 1.72. The number of methoxy groups -OCH3 is 1. The van der Waals surface area contributed by atoms with Gasteiger partial charge in [-0.1, -0.05) is 13.8 Å². The minimum Gasteiger partial charge on any atom is -0.497 e. The normalized spacial score (nSPS) is 10.6. The fraction of sp³-hybridized carbons (Fsp3) is 0.500. The standard InChI is InChI=1S/C14H21NO2/c1-4-15(5-2)11-10-14(16)12-6-8-13(17-3)9-7-12/h6-9H,4-5,10-11H2,1-3H3. The van der Waals surface area contributed by atoms with Crippen LogP contribution in [-0.4, -0.2) is 37.4 Å². The molecule has 0 fully saturated rings. The van der Waals surface area contributed by atoms with Crippen molar-refractivity contribution >= 4 is 5.78 Å². The second-order valence-corrected chi connectivity index (χ2v) is 3.93. The van der Waals surface area contributed by atoms with Gasteiger partial charge >= 0.3 is 0 Å². The van der Waals surface area contributed by atoms with Gasteiger partial charge in [-0.25, -0.2) is 0 Å². The van der Waals surface area contributed by atoms with Crippen molar-refractivity contribution in [1.29, 1.82) is 0 Å². The van der Waals surface area contributed by atoms with Gasteiger partial charge in [0.2, 0.25) is 0 Å². The molecule has 0 aliphatic carbocycles. The summed E-state index contributed by atoms with van der Waals surface area (Å²) in [6.45, 7) is 7.04. The molecule has 0 aromatic heterocycles. The molecule has 0 amide bonds. The van der Waals surface area contributed by atoms with Crippen molar-refractivity contribution in [3.63, 3.8) is 0 Å². The molecule has 0 radical (unpaired) electrons. The molecule has 0 spiro atoms. The smallest absolute Gasteiger partial charge is 0.164 e. The van der Waals surface area contributed by atoms with Crippen LogP contribution in [0.25, 0.3) is 0 Å². The third kappa shape index (κ3) is 4.19. The highest BCUT2D eigenvalue weighted by Crippen LogP contribution is 2.12. The summed E-state index contributed by atoms with van der Waals surface area (Å²) in [7, 11) is 1.62. The van der Waals surface area contributed by atoms with E-state index in [4.69, 9.17) is 4.74 Å². The summed E-state index contributed by atoms with van der Waals surface area (Å²) in [5, 5.41) is 0. The molecule has 0 saturated heterocycles. The van der Waals surface area contributed by atoms with Gasteiger partial charge in [-0.05, 0) is 37.4 Å². The van der Waals surface area contributed by atoms with Crippen LogP contribution >= 0.6 is 0 Å². The molecular formula is C14H21NO2. The molecule has 1 aromatic carbocycles. The van der Waals surface area contributed by atoms with Crippen LogP contribution in [-0.2, 0) is 0 Å². The number of ether oxygens (including phenoxy) is 1. The first-order valence-corrected chi connectivity index (χ1v) is 6.10. The van der Waals surface area contributed by atoms with Crippen molar-refractivity contribution in [2.24, 2.45) is 0 Å². The van der Waals surface area contributed by atoms with Crippen molar-refractivity contribution in [1.82, 2.24) is 4.90 Å². The molecule has 0 atom stereocenters. The van der Waals surface area contributed by atoms with Crippen molar-refractivity contribution in [2.45, 2.75) is 20.3 Å². The van der Waals surface area contributed by atoms with E-state index in [0.29, 0.717) is 6.42 Å². The number of ketones is 1. The summed E-state index contributed by atoms with van der Waals surface area (Å²) in [6.07, 6.45) is 0.577. The topological polar surface area (TPSA) is 29.5 Å². The van der Waals surface area contributed by atoms with Crippen LogP contribution in [0.5, 0.6) is 5.75 Å². The van der Waals surface area contributed by atoms with E-state index in [2.05, 4.69) is 18.7 Å². The average molecular weight is 235 g/mol. The molecule has 0 aliphatic heterocycles. The van der Waals surface area contributed by atoms with Gasteiger partial charge in [0.1, 0.15) is 5.75 Å². The summed E-state index contributed by atoms with van der Waals surface area (Å²) >= 11 is 0. The first-order valence-electron chi connectivity index (χ1n) is 6.10. The summed E-state index contributed by atoms with van der Waals surface area (Å²) in [6, 6.07) is 7.29. The van der Waals surface area contributed by atoms with E-state index < -0.39 is 0 Å². The highest BCUT2D eigenvalue weighted by atomic mass is 16.5. The maximum atomic E-state index is 11.9. The molecule has 3 heteroatoms. The van der Waals surface area contributed by atoms with Crippen LogP contribution in [0.1, 0.15) is 30.6 Å². The second-order valence-electron chi connectivity index (χ2n) is 3.93. The highest BCUT2D eigenvalue weighted by molar-refractivity contribution is 5.96. The number of rotatable bonds is 7. The lowest BCUT2D eigenvalue weighted by Gasteiger charge is -2.17. The Morgan fingerprint density at radius 1 is 1.18 bits per heavy atom. The quantitative estimate of drug-likeness (QED) is 0.680. The van der Waals surface area contributed by atoms with Gasteiger partial charge in [-0.15, -0.1) is 0 Å². The fourth-order valence-electron chi connectivity index (χ4n) is 1.72. The largest absolute Gasteiger partial charge is 0.497 e. The van der Waals surface area contributed by atoms with Gasteiger partial charge in [0, 0.05) is 18.5 Å². The Kier molecular flexibility index (Phi) is 5.70. The Hall–Kier alpha value is -1.35. The zero-order valence-corrected chi connectivity index (χ0v) is 10.9. The lowest BCUT2D eigenvalue weighted by atomic mass is 10.1. The first-order chi connectivity index (χ1) is 8.21. The van der Waals surface area contributed by atoms with Crippen LogP contribution in [0.2, 0.25) is 0 Å². The number of benzene rings is 1. The molecule has 1 aromatic rings. The monoisotopic (exact) mass is 235 g/mol.